The molecule has 0 aliphatic carbocycles. The molecule has 2 aromatic rings. The van der Waals surface area contributed by atoms with Crippen LogP contribution in [0.5, 0.6) is 0 Å². The Balaban J connectivity index is 1.62. The van der Waals surface area contributed by atoms with Crippen LogP contribution < -0.4 is 10.5 Å². The number of pyridine rings is 1. The number of hydrogen-bond donors (Lipinski definition) is 0. The van der Waals surface area contributed by atoms with Crippen LogP contribution in [0.4, 0.5) is 5.82 Å². The molecule has 6 nitrogen and oxygen atoms in total. The van der Waals surface area contributed by atoms with Crippen LogP contribution in [0, 0.1) is 12.3 Å². The van der Waals surface area contributed by atoms with Crippen molar-refractivity contribution in [2.75, 3.05) is 31.2 Å². The van der Waals surface area contributed by atoms with E-state index < -0.39 is 0 Å². The van der Waals surface area contributed by atoms with Crippen LogP contribution in [-0.4, -0.2) is 40.8 Å². The second-order valence-corrected chi connectivity index (χ2v) is 7.80. The summed E-state index contributed by atoms with van der Waals surface area (Å²) in [5.41, 5.74) is 0.636. The second-order valence-electron chi connectivity index (χ2n) is 7.06. The predicted molar refractivity (Wildman–Crippen MR) is 102 cm³/mol. The van der Waals surface area contributed by atoms with Crippen molar-refractivity contribution in [2.24, 2.45) is 5.41 Å². The maximum absolute atomic E-state index is 12.8. The third-order valence-electron chi connectivity index (χ3n) is 5.47. The van der Waals surface area contributed by atoms with Gasteiger partial charge < -0.3 is 9.64 Å². The molecule has 2 aliphatic heterocycles. The van der Waals surface area contributed by atoms with Crippen molar-refractivity contribution in [1.82, 2.24) is 14.5 Å². The van der Waals surface area contributed by atoms with Crippen LogP contribution >= 0.6 is 23.2 Å². The Kier molecular flexibility index (Phi) is 4.67. The van der Waals surface area contributed by atoms with Gasteiger partial charge in [0.1, 0.15) is 21.8 Å². The SMILES string of the molecule is Cc1nc(N2CCC3(CCOC3)CC2)cc(=O)n1-c1ccnc(Cl)c1Cl. The lowest BCUT2D eigenvalue weighted by molar-refractivity contribution is 0.133. The lowest BCUT2D eigenvalue weighted by Crippen LogP contribution is -2.41. The summed E-state index contributed by atoms with van der Waals surface area (Å²) in [5.74, 6) is 1.29. The monoisotopic (exact) mass is 394 g/mol. The molecule has 4 rings (SSSR count). The zero-order valence-electron chi connectivity index (χ0n) is 14.5. The van der Waals surface area contributed by atoms with E-state index in [9.17, 15) is 4.79 Å². The van der Waals surface area contributed by atoms with Crippen molar-refractivity contribution in [1.29, 1.82) is 0 Å². The number of nitrogens with zero attached hydrogens (tertiary/aromatic N) is 4. The number of anilines is 1. The molecule has 0 N–H and O–H groups in total. The normalized spacial score (nSPS) is 19.3. The molecule has 8 heteroatoms. The first-order valence-electron chi connectivity index (χ1n) is 8.73. The topological polar surface area (TPSA) is 60.3 Å². The van der Waals surface area contributed by atoms with E-state index >= 15 is 0 Å². The standard InChI is InChI=1S/C18H20Cl2N4O2/c1-12-22-14(23-7-3-18(4-8-23)5-9-26-11-18)10-15(25)24(12)13-2-6-21-17(20)16(13)19/h2,6,10H,3-5,7-9,11H2,1H3. The fraction of sp³-hybridized carbons (Fsp3) is 0.500. The van der Waals surface area contributed by atoms with Crippen LogP contribution in [-0.2, 0) is 4.74 Å². The molecule has 0 radical (unpaired) electrons. The quantitative estimate of drug-likeness (QED) is 0.731. The lowest BCUT2D eigenvalue weighted by Gasteiger charge is -2.38. The number of halogens is 2. The molecule has 2 aromatic heterocycles. The van der Waals surface area contributed by atoms with E-state index in [4.69, 9.17) is 27.9 Å². The summed E-state index contributed by atoms with van der Waals surface area (Å²) in [6.07, 6.45) is 4.80. The largest absolute Gasteiger partial charge is 0.381 e. The van der Waals surface area contributed by atoms with Gasteiger partial charge in [-0.05, 0) is 37.7 Å². The molecule has 2 fully saturated rings. The van der Waals surface area contributed by atoms with Gasteiger partial charge in [-0.2, -0.15) is 0 Å². The molecular weight excluding hydrogens is 375 g/mol. The maximum Gasteiger partial charge on any atom is 0.260 e. The van der Waals surface area contributed by atoms with E-state index in [-0.39, 0.29) is 15.7 Å². The Bertz CT molecular complexity index is 883. The number of aryl methyl sites for hydroxylation is 1. The number of aromatic nitrogens is 3. The summed E-state index contributed by atoms with van der Waals surface area (Å²) in [4.78, 5) is 23.5. The lowest BCUT2D eigenvalue weighted by atomic mass is 9.78. The highest BCUT2D eigenvalue weighted by atomic mass is 35.5. The average molecular weight is 395 g/mol. The van der Waals surface area contributed by atoms with Gasteiger partial charge in [-0.25, -0.2) is 9.97 Å². The van der Waals surface area contributed by atoms with Gasteiger partial charge >= 0.3 is 0 Å². The van der Waals surface area contributed by atoms with Gasteiger partial charge in [-0.3, -0.25) is 9.36 Å². The molecule has 0 bridgehead atoms. The van der Waals surface area contributed by atoms with Crippen molar-refractivity contribution in [3.05, 3.63) is 44.7 Å². The molecule has 26 heavy (non-hydrogen) atoms. The smallest absolute Gasteiger partial charge is 0.260 e. The first-order valence-corrected chi connectivity index (χ1v) is 9.48. The van der Waals surface area contributed by atoms with Gasteiger partial charge in [-0.1, -0.05) is 23.2 Å². The molecule has 1 spiro atoms. The third kappa shape index (κ3) is 3.10. The minimum Gasteiger partial charge on any atom is -0.381 e. The zero-order valence-corrected chi connectivity index (χ0v) is 16.1. The fourth-order valence-corrected chi connectivity index (χ4v) is 4.22. The summed E-state index contributed by atoms with van der Waals surface area (Å²) >= 11 is 12.2. The zero-order chi connectivity index (χ0) is 18.3. The molecule has 2 aliphatic rings. The number of rotatable bonds is 2. The second kappa shape index (κ2) is 6.83. The molecule has 0 aromatic carbocycles. The first-order chi connectivity index (χ1) is 12.5. The van der Waals surface area contributed by atoms with Crippen molar-refractivity contribution >= 4 is 29.0 Å². The van der Waals surface area contributed by atoms with Gasteiger partial charge in [0.2, 0.25) is 0 Å². The van der Waals surface area contributed by atoms with E-state index in [2.05, 4.69) is 14.9 Å². The van der Waals surface area contributed by atoms with Crippen molar-refractivity contribution in [3.8, 4) is 5.69 Å². The number of piperidine rings is 1. The van der Waals surface area contributed by atoms with Crippen molar-refractivity contribution in [3.63, 3.8) is 0 Å². The number of ether oxygens (including phenoxy) is 1. The van der Waals surface area contributed by atoms with Gasteiger partial charge in [0.15, 0.2) is 0 Å². The highest BCUT2D eigenvalue weighted by Crippen LogP contribution is 2.39. The molecule has 4 heterocycles. The average Bonchev–Trinajstić information content (AvgIpc) is 3.06. The van der Waals surface area contributed by atoms with Crippen LogP contribution in [0.15, 0.2) is 23.1 Å². The van der Waals surface area contributed by atoms with E-state index in [1.54, 1.807) is 19.1 Å². The Hall–Kier alpha value is -1.63. The molecule has 0 unspecified atom stereocenters. The van der Waals surface area contributed by atoms with Crippen LogP contribution in [0.1, 0.15) is 25.1 Å². The van der Waals surface area contributed by atoms with E-state index in [1.807, 2.05) is 0 Å². The Morgan fingerprint density at radius 3 is 2.65 bits per heavy atom. The highest BCUT2D eigenvalue weighted by molar-refractivity contribution is 6.42. The van der Waals surface area contributed by atoms with Crippen LogP contribution in [0.3, 0.4) is 0 Å². The Labute approximate surface area is 161 Å². The van der Waals surface area contributed by atoms with Gasteiger partial charge in [0.25, 0.3) is 5.56 Å². The Morgan fingerprint density at radius 1 is 1.23 bits per heavy atom. The summed E-state index contributed by atoms with van der Waals surface area (Å²) in [6.45, 7) is 5.30. The molecule has 0 amide bonds. The van der Waals surface area contributed by atoms with Crippen LogP contribution in [0.2, 0.25) is 10.2 Å². The van der Waals surface area contributed by atoms with E-state index in [1.165, 1.54) is 10.8 Å². The minimum absolute atomic E-state index is 0.166. The number of hydrogen-bond acceptors (Lipinski definition) is 5. The molecular formula is C18H20Cl2N4O2. The fourth-order valence-electron chi connectivity index (χ4n) is 3.87. The van der Waals surface area contributed by atoms with E-state index in [0.717, 1.165) is 45.6 Å². The van der Waals surface area contributed by atoms with Gasteiger partial charge in [0.05, 0.1) is 12.3 Å². The summed E-state index contributed by atoms with van der Waals surface area (Å²) in [5, 5.41) is 0.412. The molecule has 2 saturated heterocycles. The van der Waals surface area contributed by atoms with Gasteiger partial charge in [0, 0.05) is 32.0 Å². The highest BCUT2D eigenvalue weighted by Gasteiger charge is 2.38. The third-order valence-corrected chi connectivity index (χ3v) is 6.23. The summed E-state index contributed by atoms with van der Waals surface area (Å²) < 4.78 is 7.05. The first kappa shape index (κ1) is 17.8. The Morgan fingerprint density at radius 2 is 2.00 bits per heavy atom. The summed E-state index contributed by atoms with van der Waals surface area (Å²) in [7, 11) is 0. The molecule has 138 valence electrons. The maximum atomic E-state index is 12.8. The molecule has 0 atom stereocenters. The summed E-state index contributed by atoms with van der Waals surface area (Å²) in [6, 6.07) is 3.23. The van der Waals surface area contributed by atoms with Crippen molar-refractivity contribution < 1.29 is 4.74 Å². The predicted octanol–water partition coefficient (Wildman–Crippen LogP) is 3.25. The van der Waals surface area contributed by atoms with E-state index in [0.29, 0.717) is 22.7 Å². The minimum atomic E-state index is -0.179. The van der Waals surface area contributed by atoms with Gasteiger partial charge in [-0.15, -0.1) is 0 Å². The van der Waals surface area contributed by atoms with Crippen LogP contribution in [0.25, 0.3) is 5.69 Å². The van der Waals surface area contributed by atoms with Crippen molar-refractivity contribution in [2.45, 2.75) is 26.2 Å². The molecule has 0 saturated carbocycles.